The van der Waals surface area contributed by atoms with Crippen LogP contribution in [0.4, 0.5) is 0 Å². The van der Waals surface area contributed by atoms with E-state index in [9.17, 15) is 19.7 Å². The molecule has 0 radical (unpaired) electrons. The van der Waals surface area contributed by atoms with E-state index < -0.39 is 28.3 Å². The molecule has 0 amide bonds. The summed E-state index contributed by atoms with van der Waals surface area (Å²) in [5, 5.41) is 11.6. The highest BCUT2D eigenvalue weighted by Gasteiger charge is 2.64. The molecule has 0 aromatic heterocycles. The molecule has 1 aliphatic rings. The standard InChI is InChI=1S/C13H21NO6/c1-4-19-11(15)10(12(16)20-5-2)13(14(17)18)8-6-7-9(13)3/h9-10H,4-8H2,1-3H3. The molecule has 0 N–H and O–H groups in total. The van der Waals surface area contributed by atoms with Gasteiger partial charge >= 0.3 is 11.9 Å². The SMILES string of the molecule is CCOC(=O)C(C(=O)OCC)C1([N+](=O)[O-])CCCC1C. The minimum absolute atomic E-state index is 0.0664. The maximum absolute atomic E-state index is 12.1. The van der Waals surface area contributed by atoms with Crippen molar-refractivity contribution in [3.05, 3.63) is 10.1 Å². The Hall–Kier alpha value is -1.66. The van der Waals surface area contributed by atoms with Crippen LogP contribution in [0.5, 0.6) is 0 Å². The van der Waals surface area contributed by atoms with Crippen LogP contribution in [-0.2, 0) is 19.1 Å². The van der Waals surface area contributed by atoms with E-state index in [0.717, 1.165) is 0 Å². The number of hydrogen-bond acceptors (Lipinski definition) is 6. The number of esters is 2. The van der Waals surface area contributed by atoms with Gasteiger partial charge in [-0.25, -0.2) is 0 Å². The van der Waals surface area contributed by atoms with Crippen LogP contribution in [0.15, 0.2) is 0 Å². The van der Waals surface area contributed by atoms with E-state index in [4.69, 9.17) is 9.47 Å². The summed E-state index contributed by atoms with van der Waals surface area (Å²) in [6, 6.07) is 0. The van der Waals surface area contributed by atoms with Gasteiger partial charge in [-0.15, -0.1) is 0 Å². The first kappa shape index (κ1) is 16.4. The highest BCUT2D eigenvalue weighted by molar-refractivity contribution is 5.96. The third kappa shape index (κ3) is 2.76. The van der Waals surface area contributed by atoms with Crippen LogP contribution >= 0.6 is 0 Å². The normalized spacial score (nSPS) is 25.5. The number of hydrogen-bond donors (Lipinski definition) is 0. The molecule has 0 bridgehead atoms. The molecular weight excluding hydrogens is 266 g/mol. The molecule has 20 heavy (non-hydrogen) atoms. The van der Waals surface area contributed by atoms with Gasteiger partial charge in [-0.1, -0.05) is 6.92 Å². The van der Waals surface area contributed by atoms with Crippen molar-refractivity contribution in [1.82, 2.24) is 0 Å². The molecule has 2 unspecified atom stereocenters. The van der Waals surface area contributed by atoms with Crippen LogP contribution in [0.2, 0.25) is 0 Å². The predicted molar refractivity (Wildman–Crippen MR) is 69.5 cm³/mol. The summed E-state index contributed by atoms with van der Waals surface area (Å²) >= 11 is 0. The molecule has 0 aromatic rings. The average molecular weight is 287 g/mol. The van der Waals surface area contributed by atoms with Crippen molar-refractivity contribution in [1.29, 1.82) is 0 Å². The van der Waals surface area contributed by atoms with Crippen LogP contribution in [0.25, 0.3) is 0 Å². The fourth-order valence-electron chi connectivity index (χ4n) is 2.95. The zero-order valence-electron chi connectivity index (χ0n) is 12.1. The third-order valence-electron chi connectivity index (χ3n) is 3.95. The fourth-order valence-corrected chi connectivity index (χ4v) is 2.95. The topological polar surface area (TPSA) is 95.7 Å². The molecule has 1 saturated carbocycles. The molecule has 2 atom stereocenters. The summed E-state index contributed by atoms with van der Waals surface area (Å²) < 4.78 is 9.73. The molecular formula is C13H21NO6. The smallest absolute Gasteiger partial charge is 0.327 e. The highest BCUT2D eigenvalue weighted by Crippen LogP contribution is 2.44. The first-order valence-corrected chi connectivity index (χ1v) is 6.89. The largest absolute Gasteiger partial charge is 0.465 e. The second kappa shape index (κ2) is 6.67. The zero-order chi connectivity index (χ0) is 15.3. The average Bonchev–Trinajstić information content (AvgIpc) is 2.73. The Morgan fingerprint density at radius 1 is 1.30 bits per heavy atom. The first-order valence-electron chi connectivity index (χ1n) is 6.89. The molecule has 0 aromatic carbocycles. The van der Waals surface area contributed by atoms with E-state index in [1.54, 1.807) is 20.8 Å². The van der Waals surface area contributed by atoms with Crippen molar-refractivity contribution in [2.24, 2.45) is 11.8 Å². The molecule has 0 heterocycles. The van der Waals surface area contributed by atoms with Gasteiger partial charge in [0.05, 0.1) is 13.2 Å². The van der Waals surface area contributed by atoms with Gasteiger partial charge in [-0.3, -0.25) is 19.7 Å². The van der Waals surface area contributed by atoms with Gasteiger partial charge in [0.2, 0.25) is 11.5 Å². The lowest BCUT2D eigenvalue weighted by molar-refractivity contribution is -0.582. The van der Waals surface area contributed by atoms with E-state index in [-0.39, 0.29) is 25.6 Å². The lowest BCUT2D eigenvalue weighted by atomic mass is 9.76. The lowest BCUT2D eigenvalue weighted by Gasteiger charge is -2.30. The number of nitro groups is 1. The van der Waals surface area contributed by atoms with Crippen molar-refractivity contribution in [2.45, 2.75) is 45.6 Å². The highest BCUT2D eigenvalue weighted by atomic mass is 16.6. The van der Waals surface area contributed by atoms with Gasteiger partial charge in [0, 0.05) is 17.3 Å². The maximum atomic E-state index is 12.1. The van der Waals surface area contributed by atoms with Crippen molar-refractivity contribution in [3.63, 3.8) is 0 Å². The number of carbonyl (C=O) groups is 2. The second-order valence-corrected chi connectivity index (χ2v) is 4.98. The van der Waals surface area contributed by atoms with Crippen molar-refractivity contribution in [3.8, 4) is 0 Å². The van der Waals surface area contributed by atoms with E-state index in [2.05, 4.69) is 0 Å². The van der Waals surface area contributed by atoms with Gasteiger partial charge in [0.15, 0.2) is 0 Å². The van der Waals surface area contributed by atoms with Crippen LogP contribution in [0.1, 0.15) is 40.0 Å². The monoisotopic (exact) mass is 287 g/mol. The van der Waals surface area contributed by atoms with Gasteiger partial charge in [0.1, 0.15) is 0 Å². The summed E-state index contributed by atoms with van der Waals surface area (Å²) in [4.78, 5) is 35.2. The van der Waals surface area contributed by atoms with Gasteiger partial charge in [0.25, 0.3) is 0 Å². The first-order chi connectivity index (χ1) is 9.41. The molecule has 1 aliphatic carbocycles. The number of ether oxygens (including phenoxy) is 2. The Morgan fingerprint density at radius 2 is 1.80 bits per heavy atom. The van der Waals surface area contributed by atoms with E-state index in [0.29, 0.717) is 12.8 Å². The second-order valence-electron chi connectivity index (χ2n) is 4.98. The van der Waals surface area contributed by atoms with E-state index in [1.165, 1.54) is 0 Å². The minimum atomic E-state index is -1.61. The van der Waals surface area contributed by atoms with Gasteiger partial charge in [-0.05, 0) is 26.7 Å². The lowest BCUT2D eigenvalue weighted by Crippen LogP contribution is -2.55. The quantitative estimate of drug-likeness (QED) is 0.318. The summed E-state index contributed by atoms with van der Waals surface area (Å²) in [7, 11) is 0. The summed E-state index contributed by atoms with van der Waals surface area (Å²) in [6.07, 6.45) is 1.40. The number of rotatable bonds is 6. The van der Waals surface area contributed by atoms with Crippen molar-refractivity contribution >= 4 is 11.9 Å². The molecule has 0 saturated heterocycles. The minimum Gasteiger partial charge on any atom is -0.465 e. The molecule has 1 rings (SSSR count). The fraction of sp³-hybridized carbons (Fsp3) is 0.846. The zero-order valence-corrected chi connectivity index (χ0v) is 12.1. The molecule has 0 spiro atoms. The van der Waals surface area contributed by atoms with Crippen molar-refractivity contribution in [2.75, 3.05) is 13.2 Å². The summed E-state index contributed by atoms with van der Waals surface area (Å²) in [5.74, 6) is -3.60. The predicted octanol–water partition coefficient (Wildman–Crippen LogP) is 1.56. The van der Waals surface area contributed by atoms with Crippen LogP contribution in [0, 0.1) is 22.0 Å². The Labute approximate surface area is 117 Å². The third-order valence-corrected chi connectivity index (χ3v) is 3.95. The Balaban J connectivity index is 3.21. The Morgan fingerprint density at radius 3 is 2.10 bits per heavy atom. The van der Waals surface area contributed by atoms with Gasteiger partial charge < -0.3 is 9.47 Å². The van der Waals surface area contributed by atoms with Crippen LogP contribution in [0.3, 0.4) is 0 Å². The maximum Gasteiger partial charge on any atom is 0.327 e. The molecule has 114 valence electrons. The van der Waals surface area contributed by atoms with Crippen LogP contribution in [-0.4, -0.2) is 35.6 Å². The number of nitrogens with zero attached hydrogens (tertiary/aromatic N) is 1. The van der Waals surface area contributed by atoms with Crippen molar-refractivity contribution < 1.29 is 24.0 Å². The Kier molecular flexibility index (Phi) is 5.47. The number of carbonyl (C=O) groups excluding carboxylic acids is 2. The van der Waals surface area contributed by atoms with Gasteiger partial charge in [-0.2, -0.15) is 0 Å². The molecule has 7 heteroatoms. The molecule has 1 fully saturated rings. The van der Waals surface area contributed by atoms with E-state index >= 15 is 0 Å². The molecule has 0 aliphatic heterocycles. The Bertz CT molecular complexity index is 378. The summed E-state index contributed by atoms with van der Waals surface area (Å²) in [5.41, 5.74) is -1.61. The molecule has 7 nitrogen and oxygen atoms in total. The summed E-state index contributed by atoms with van der Waals surface area (Å²) in [6.45, 7) is 5.02. The van der Waals surface area contributed by atoms with Crippen LogP contribution < -0.4 is 0 Å². The van der Waals surface area contributed by atoms with E-state index in [1.807, 2.05) is 0 Å².